The molecule has 1 atom stereocenters. The Morgan fingerprint density at radius 2 is 2.06 bits per heavy atom. The second kappa shape index (κ2) is 6.21. The summed E-state index contributed by atoms with van der Waals surface area (Å²) in [5.41, 5.74) is 7.34. The summed E-state index contributed by atoms with van der Waals surface area (Å²) in [6.45, 7) is 0.900. The van der Waals surface area contributed by atoms with Gasteiger partial charge in [0.05, 0.1) is 0 Å². The second-order valence-electron chi connectivity index (χ2n) is 4.46. The predicted octanol–water partition coefficient (Wildman–Crippen LogP) is 2.31. The van der Waals surface area contributed by atoms with Crippen LogP contribution in [0.1, 0.15) is 24.4 Å². The van der Waals surface area contributed by atoms with E-state index in [2.05, 4.69) is 22.5 Å². The first-order valence-corrected chi connectivity index (χ1v) is 6.30. The number of hydrogen-bond donors (Lipinski definition) is 2. The Kier molecular flexibility index (Phi) is 4.36. The predicted molar refractivity (Wildman–Crippen MR) is 74.3 cm³/mol. The van der Waals surface area contributed by atoms with Crippen LogP contribution in [-0.4, -0.2) is 16.3 Å². The molecule has 4 heteroatoms. The van der Waals surface area contributed by atoms with Crippen LogP contribution >= 0.6 is 0 Å². The van der Waals surface area contributed by atoms with E-state index in [1.807, 2.05) is 37.5 Å². The van der Waals surface area contributed by atoms with Crippen molar-refractivity contribution in [2.45, 2.75) is 18.9 Å². The molecule has 96 valence electrons. The number of hydrogen-bond acceptors (Lipinski definition) is 3. The van der Waals surface area contributed by atoms with Crippen molar-refractivity contribution in [3.05, 3.63) is 48.2 Å². The van der Waals surface area contributed by atoms with Crippen LogP contribution in [0.4, 0.5) is 5.82 Å². The third kappa shape index (κ3) is 3.60. The van der Waals surface area contributed by atoms with Crippen LogP contribution in [0.2, 0.25) is 0 Å². The van der Waals surface area contributed by atoms with Crippen LogP contribution in [0.3, 0.4) is 0 Å². The molecular formula is C14H20N4. The van der Waals surface area contributed by atoms with E-state index in [9.17, 15) is 0 Å². The van der Waals surface area contributed by atoms with Crippen molar-refractivity contribution in [3.63, 3.8) is 0 Å². The minimum atomic E-state index is 0.122. The van der Waals surface area contributed by atoms with Gasteiger partial charge < -0.3 is 11.1 Å². The minimum Gasteiger partial charge on any atom is -0.369 e. The van der Waals surface area contributed by atoms with E-state index in [-0.39, 0.29) is 6.04 Å². The summed E-state index contributed by atoms with van der Waals surface area (Å²) in [4.78, 5) is 0. The van der Waals surface area contributed by atoms with Crippen LogP contribution in [0, 0.1) is 0 Å². The molecule has 2 rings (SSSR count). The maximum atomic E-state index is 6.13. The lowest BCUT2D eigenvalue weighted by Crippen LogP contribution is -2.12. The summed E-state index contributed by atoms with van der Waals surface area (Å²) in [7, 11) is 1.91. The normalized spacial score (nSPS) is 12.3. The third-order valence-electron chi connectivity index (χ3n) is 2.94. The van der Waals surface area contributed by atoms with E-state index >= 15 is 0 Å². The zero-order valence-electron chi connectivity index (χ0n) is 10.7. The average molecular weight is 244 g/mol. The molecule has 1 heterocycles. The van der Waals surface area contributed by atoms with Gasteiger partial charge in [0.1, 0.15) is 5.82 Å². The highest BCUT2D eigenvalue weighted by Gasteiger charge is 2.04. The van der Waals surface area contributed by atoms with Gasteiger partial charge in [0.2, 0.25) is 0 Å². The van der Waals surface area contributed by atoms with Gasteiger partial charge in [0.15, 0.2) is 0 Å². The van der Waals surface area contributed by atoms with E-state index in [1.165, 1.54) is 5.56 Å². The molecule has 0 saturated carbocycles. The quantitative estimate of drug-likeness (QED) is 0.767. The van der Waals surface area contributed by atoms with Gasteiger partial charge in [-0.2, -0.15) is 5.10 Å². The largest absolute Gasteiger partial charge is 0.369 e. The Labute approximate surface area is 108 Å². The SMILES string of the molecule is Cn1ccc(NCCCC(N)c2ccccc2)n1. The molecular weight excluding hydrogens is 224 g/mol. The van der Waals surface area contributed by atoms with Gasteiger partial charge in [-0.1, -0.05) is 30.3 Å². The maximum Gasteiger partial charge on any atom is 0.147 e. The Hall–Kier alpha value is -1.81. The molecule has 0 fully saturated rings. The molecule has 0 spiro atoms. The van der Waals surface area contributed by atoms with Gasteiger partial charge in [0, 0.05) is 31.9 Å². The van der Waals surface area contributed by atoms with E-state index in [0.29, 0.717) is 0 Å². The fourth-order valence-electron chi connectivity index (χ4n) is 1.91. The Bertz CT molecular complexity index is 464. The van der Waals surface area contributed by atoms with Gasteiger partial charge in [-0.15, -0.1) is 0 Å². The van der Waals surface area contributed by atoms with Crippen molar-refractivity contribution in [2.75, 3.05) is 11.9 Å². The summed E-state index contributed by atoms with van der Waals surface area (Å²) in [5, 5.41) is 7.54. The van der Waals surface area contributed by atoms with Gasteiger partial charge in [-0.05, 0) is 18.4 Å². The molecule has 0 aliphatic heterocycles. The van der Waals surface area contributed by atoms with Crippen molar-refractivity contribution < 1.29 is 0 Å². The average Bonchev–Trinajstić information content (AvgIpc) is 2.81. The van der Waals surface area contributed by atoms with Crippen LogP contribution in [0.25, 0.3) is 0 Å². The lowest BCUT2D eigenvalue weighted by atomic mass is 10.0. The molecule has 0 aliphatic rings. The molecule has 0 aliphatic carbocycles. The molecule has 0 saturated heterocycles. The van der Waals surface area contributed by atoms with Crippen molar-refractivity contribution in [1.29, 1.82) is 0 Å². The highest BCUT2D eigenvalue weighted by atomic mass is 15.3. The molecule has 2 aromatic rings. The summed E-state index contributed by atoms with van der Waals surface area (Å²) in [5.74, 6) is 0.922. The number of benzene rings is 1. The summed E-state index contributed by atoms with van der Waals surface area (Å²) < 4.78 is 1.79. The number of aromatic nitrogens is 2. The zero-order valence-corrected chi connectivity index (χ0v) is 10.7. The Balaban J connectivity index is 1.69. The van der Waals surface area contributed by atoms with Crippen molar-refractivity contribution in [3.8, 4) is 0 Å². The van der Waals surface area contributed by atoms with Crippen LogP contribution in [0.5, 0.6) is 0 Å². The highest BCUT2D eigenvalue weighted by Crippen LogP contribution is 2.15. The number of nitrogens with zero attached hydrogens (tertiary/aromatic N) is 2. The fourth-order valence-corrected chi connectivity index (χ4v) is 1.91. The number of rotatable bonds is 6. The summed E-state index contributed by atoms with van der Waals surface area (Å²) >= 11 is 0. The lowest BCUT2D eigenvalue weighted by Gasteiger charge is -2.11. The molecule has 1 aromatic carbocycles. The lowest BCUT2D eigenvalue weighted by molar-refractivity contribution is 0.625. The standard InChI is InChI=1S/C14H20N4/c1-18-11-9-14(17-18)16-10-5-8-13(15)12-6-3-2-4-7-12/h2-4,6-7,9,11,13H,5,8,10,15H2,1H3,(H,16,17). The summed E-state index contributed by atoms with van der Waals surface area (Å²) in [6.07, 6.45) is 3.94. The van der Waals surface area contributed by atoms with E-state index in [1.54, 1.807) is 4.68 Å². The maximum absolute atomic E-state index is 6.13. The Morgan fingerprint density at radius 3 is 2.72 bits per heavy atom. The zero-order chi connectivity index (χ0) is 12.8. The molecule has 0 radical (unpaired) electrons. The fraction of sp³-hybridized carbons (Fsp3) is 0.357. The first-order valence-electron chi connectivity index (χ1n) is 6.30. The van der Waals surface area contributed by atoms with Gasteiger partial charge in [-0.3, -0.25) is 4.68 Å². The first-order chi connectivity index (χ1) is 8.75. The van der Waals surface area contributed by atoms with Gasteiger partial charge in [-0.25, -0.2) is 0 Å². The first kappa shape index (κ1) is 12.6. The van der Waals surface area contributed by atoms with E-state index in [4.69, 9.17) is 5.73 Å². The number of anilines is 1. The van der Waals surface area contributed by atoms with Crippen LogP contribution < -0.4 is 11.1 Å². The van der Waals surface area contributed by atoms with Crippen LogP contribution in [-0.2, 0) is 7.05 Å². The van der Waals surface area contributed by atoms with Crippen molar-refractivity contribution in [1.82, 2.24) is 9.78 Å². The topological polar surface area (TPSA) is 55.9 Å². The number of nitrogens with two attached hydrogens (primary N) is 1. The van der Waals surface area contributed by atoms with Crippen molar-refractivity contribution in [2.24, 2.45) is 12.8 Å². The van der Waals surface area contributed by atoms with Crippen LogP contribution in [0.15, 0.2) is 42.6 Å². The molecule has 3 N–H and O–H groups in total. The van der Waals surface area contributed by atoms with E-state index in [0.717, 1.165) is 25.2 Å². The Morgan fingerprint density at radius 1 is 1.28 bits per heavy atom. The molecule has 1 aromatic heterocycles. The monoisotopic (exact) mass is 244 g/mol. The molecule has 0 bridgehead atoms. The smallest absolute Gasteiger partial charge is 0.147 e. The van der Waals surface area contributed by atoms with Gasteiger partial charge in [0.25, 0.3) is 0 Å². The molecule has 0 amide bonds. The van der Waals surface area contributed by atoms with Crippen molar-refractivity contribution >= 4 is 5.82 Å². The highest BCUT2D eigenvalue weighted by molar-refractivity contribution is 5.31. The second-order valence-corrected chi connectivity index (χ2v) is 4.46. The molecule has 4 nitrogen and oxygen atoms in total. The minimum absolute atomic E-state index is 0.122. The van der Waals surface area contributed by atoms with E-state index < -0.39 is 0 Å². The third-order valence-corrected chi connectivity index (χ3v) is 2.94. The number of nitrogens with one attached hydrogen (secondary N) is 1. The number of aryl methyl sites for hydroxylation is 1. The van der Waals surface area contributed by atoms with Gasteiger partial charge >= 0.3 is 0 Å². The molecule has 18 heavy (non-hydrogen) atoms. The molecule has 1 unspecified atom stereocenters. The summed E-state index contributed by atoms with van der Waals surface area (Å²) in [6, 6.07) is 12.3.